The number of rotatable bonds is 4. The molecule has 0 aliphatic rings. The van der Waals surface area contributed by atoms with Gasteiger partial charge in [-0.15, -0.1) is 11.3 Å². The SMILES string of the molecule is O=C(COc1c(F)c(F)c(F)c(F)c1F)c1ccc(Br)s1. The minimum absolute atomic E-state index is 0.214. The van der Waals surface area contributed by atoms with Crippen LogP contribution in [-0.2, 0) is 0 Å². The second-order valence-corrected chi connectivity index (χ2v) is 6.18. The predicted molar refractivity (Wildman–Crippen MR) is 68.1 cm³/mol. The van der Waals surface area contributed by atoms with Gasteiger partial charge in [0, 0.05) is 0 Å². The Bertz CT molecular complexity index is 687. The van der Waals surface area contributed by atoms with Crippen molar-refractivity contribution in [3.8, 4) is 5.75 Å². The number of ether oxygens (including phenoxy) is 1. The zero-order valence-electron chi connectivity index (χ0n) is 9.85. The van der Waals surface area contributed by atoms with Gasteiger partial charge in [0.25, 0.3) is 0 Å². The molecular weight excluding hydrogens is 383 g/mol. The van der Waals surface area contributed by atoms with Crippen LogP contribution in [0.3, 0.4) is 0 Å². The maximum Gasteiger partial charge on any atom is 0.210 e. The van der Waals surface area contributed by atoms with Crippen molar-refractivity contribution in [2.75, 3.05) is 6.61 Å². The topological polar surface area (TPSA) is 26.3 Å². The van der Waals surface area contributed by atoms with Crippen LogP contribution in [-0.4, -0.2) is 12.4 Å². The molecule has 1 aromatic carbocycles. The predicted octanol–water partition coefficient (Wildman–Crippen LogP) is 4.47. The second kappa shape index (κ2) is 6.10. The van der Waals surface area contributed by atoms with Crippen LogP contribution >= 0.6 is 27.3 Å². The number of carbonyl (C=O) groups excluding carboxylic acids is 1. The lowest BCUT2D eigenvalue weighted by molar-refractivity contribution is 0.0917. The third-order valence-electron chi connectivity index (χ3n) is 2.37. The van der Waals surface area contributed by atoms with Crippen molar-refractivity contribution in [3.05, 3.63) is 49.9 Å². The van der Waals surface area contributed by atoms with E-state index in [0.717, 1.165) is 11.3 Å². The molecule has 1 aromatic heterocycles. The Morgan fingerprint density at radius 2 is 1.52 bits per heavy atom. The largest absolute Gasteiger partial charge is 0.479 e. The van der Waals surface area contributed by atoms with Gasteiger partial charge in [0.15, 0.2) is 12.4 Å². The fourth-order valence-corrected chi connectivity index (χ4v) is 2.69. The van der Waals surface area contributed by atoms with Crippen molar-refractivity contribution < 1.29 is 31.5 Å². The van der Waals surface area contributed by atoms with Gasteiger partial charge in [0.2, 0.25) is 34.9 Å². The summed E-state index contributed by atoms with van der Waals surface area (Å²) in [6, 6.07) is 3.00. The number of Topliss-reactive ketones (excluding diaryl/α,β-unsaturated/α-hetero) is 1. The van der Waals surface area contributed by atoms with E-state index in [9.17, 15) is 26.7 Å². The zero-order valence-corrected chi connectivity index (χ0v) is 12.3. The third kappa shape index (κ3) is 3.08. The monoisotopic (exact) mass is 386 g/mol. The fourth-order valence-electron chi connectivity index (χ4n) is 1.38. The molecule has 0 aliphatic carbocycles. The molecule has 0 fully saturated rings. The highest BCUT2D eigenvalue weighted by Gasteiger charge is 2.27. The van der Waals surface area contributed by atoms with Crippen LogP contribution in [0.15, 0.2) is 15.9 Å². The quantitative estimate of drug-likeness (QED) is 0.335. The molecule has 21 heavy (non-hydrogen) atoms. The van der Waals surface area contributed by atoms with Crippen LogP contribution in [0.2, 0.25) is 0 Å². The second-order valence-electron chi connectivity index (χ2n) is 3.71. The van der Waals surface area contributed by atoms with Gasteiger partial charge in [-0.1, -0.05) is 0 Å². The molecule has 1 heterocycles. The van der Waals surface area contributed by atoms with E-state index in [1.54, 1.807) is 6.07 Å². The van der Waals surface area contributed by atoms with Gasteiger partial charge < -0.3 is 4.74 Å². The van der Waals surface area contributed by atoms with Gasteiger partial charge in [-0.3, -0.25) is 4.79 Å². The van der Waals surface area contributed by atoms with E-state index in [1.165, 1.54) is 6.07 Å². The maximum absolute atomic E-state index is 13.3. The molecule has 112 valence electrons. The molecule has 0 saturated heterocycles. The summed E-state index contributed by atoms with van der Waals surface area (Å²) in [7, 11) is 0. The normalized spacial score (nSPS) is 10.8. The molecule has 0 saturated carbocycles. The highest BCUT2D eigenvalue weighted by atomic mass is 79.9. The van der Waals surface area contributed by atoms with Crippen LogP contribution in [0.5, 0.6) is 5.75 Å². The molecule has 0 bridgehead atoms. The maximum atomic E-state index is 13.3. The molecule has 9 heteroatoms. The Kier molecular flexibility index (Phi) is 4.62. The first-order valence-corrected chi connectivity index (χ1v) is 6.86. The van der Waals surface area contributed by atoms with Crippen LogP contribution in [0, 0.1) is 29.1 Å². The van der Waals surface area contributed by atoms with Gasteiger partial charge in [-0.05, 0) is 28.1 Å². The molecule has 2 aromatic rings. The van der Waals surface area contributed by atoms with Crippen LogP contribution in [0.1, 0.15) is 9.67 Å². The summed E-state index contributed by atoms with van der Waals surface area (Å²) in [4.78, 5) is 11.9. The molecule has 0 unspecified atom stereocenters. The zero-order chi connectivity index (χ0) is 15.7. The molecule has 0 N–H and O–H groups in total. The van der Waals surface area contributed by atoms with E-state index in [0.29, 0.717) is 3.79 Å². The Morgan fingerprint density at radius 1 is 1.00 bits per heavy atom. The summed E-state index contributed by atoms with van der Waals surface area (Å²) in [6.45, 7) is -0.856. The summed E-state index contributed by atoms with van der Waals surface area (Å²) in [5.41, 5.74) is 0. The van der Waals surface area contributed by atoms with Gasteiger partial charge in [0.1, 0.15) is 0 Å². The first-order valence-electron chi connectivity index (χ1n) is 5.25. The highest BCUT2D eigenvalue weighted by Crippen LogP contribution is 2.29. The first-order chi connectivity index (χ1) is 9.82. The average Bonchev–Trinajstić information content (AvgIpc) is 2.89. The molecule has 0 spiro atoms. The number of thiophene rings is 1. The fraction of sp³-hybridized carbons (Fsp3) is 0.0833. The Morgan fingerprint density at radius 3 is 2.00 bits per heavy atom. The van der Waals surface area contributed by atoms with E-state index in [-0.39, 0.29) is 4.88 Å². The molecule has 0 radical (unpaired) electrons. The van der Waals surface area contributed by atoms with E-state index in [4.69, 9.17) is 0 Å². The van der Waals surface area contributed by atoms with Crippen LogP contribution in [0.4, 0.5) is 22.0 Å². The minimum atomic E-state index is -2.29. The van der Waals surface area contributed by atoms with Gasteiger partial charge >= 0.3 is 0 Å². The molecule has 2 nitrogen and oxygen atoms in total. The molecule has 0 amide bonds. The number of benzene rings is 1. The van der Waals surface area contributed by atoms with Crippen molar-refractivity contribution in [2.45, 2.75) is 0 Å². The van der Waals surface area contributed by atoms with E-state index in [1.807, 2.05) is 0 Å². The van der Waals surface area contributed by atoms with Gasteiger partial charge in [-0.25, -0.2) is 13.2 Å². The minimum Gasteiger partial charge on any atom is -0.479 e. The number of hydrogen-bond donors (Lipinski definition) is 0. The van der Waals surface area contributed by atoms with Crippen molar-refractivity contribution in [1.29, 1.82) is 0 Å². The van der Waals surface area contributed by atoms with Crippen LogP contribution in [0.25, 0.3) is 0 Å². The summed E-state index contributed by atoms with van der Waals surface area (Å²) < 4.78 is 70.3. The Balaban J connectivity index is 2.23. The summed E-state index contributed by atoms with van der Waals surface area (Å²) in [5, 5.41) is 0. The lowest BCUT2D eigenvalue weighted by Crippen LogP contribution is -2.14. The third-order valence-corrected chi connectivity index (χ3v) is 4.03. The summed E-state index contributed by atoms with van der Waals surface area (Å²) in [6.07, 6.45) is 0. The van der Waals surface area contributed by atoms with Crippen molar-refractivity contribution >= 4 is 33.0 Å². The van der Waals surface area contributed by atoms with Crippen molar-refractivity contribution in [1.82, 2.24) is 0 Å². The van der Waals surface area contributed by atoms with Crippen molar-refractivity contribution in [3.63, 3.8) is 0 Å². The summed E-state index contributed by atoms with van der Waals surface area (Å²) in [5.74, 6) is -12.9. The number of ketones is 1. The van der Waals surface area contributed by atoms with E-state index in [2.05, 4.69) is 20.7 Å². The Labute approximate surface area is 127 Å². The highest BCUT2D eigenvalue weighted by molar-refractivity contribution is 9.11. The van der Waals surface area contributed by atoms with Gasteiger partial charge in [-0.2, -0.15) is 8.78 Å². The lowest BCUT2D eigenvalue weighted by Gasteiger charge is -2.09. The molecule has 0 atom stereocenters. The first kappa shape index (κ1) is 15.9. The number of carbonyl (C=O) groups is 1. The molecule has 2 rings (SSSR count). The van der Waals surface area contributed by atoms with E-state index >= 15 is 0 Å². The number of halogens is 6. The Hall–Kier alpha value is -1.48. The smallest absolute Gasteiger partial charge is 0.210 e. The molecule has 0 aliphatic heterocycles. The summed E-state index contributed by atoms with van der Waals surface area (Å²) >= 11 is 4.15. The lowest BCUT2D eigenvalue weighted by atomic mass is 10.2. The van der Waals surface area contributed by atoms with Gasteiger partial charge in [0.05, 0.1) is 8.66 Å². The van der Waals surface area contributed by atoms with Crippen molar-refractivity contribution in [2.24, 2.45) is 0 Å². The number of hydrogen-bond acceptors (Lipinski definition) is 3. The van der Waals surface area contributed by atoms with E-state index < -0.39 is 47.2 Å². The molecular formula is C12H4BrF5O2S. The standard InChI is InChI=1S/C12H4BrF5O2S/c13-6-2-1-5(21-6)4(19)3-20-12-10(17)8(15)7(14)9(16)11(12)18/h1-2H,3H2. The van der Waals surface area contributed by atoms with Crippen LogP contribution < -0.4 is 4.74 Å². The average molecular weight is 387 g/mol.